The lowest BCUT2D eigenvalue weighted by Gasteiger charge is -2.36. The number of aryl methyl sites for hydroxylation is 1. The summed E-state index contributed by atoms with van der Waals surface area (Å²) in [5.74, 6) is 2.55. The molecule has 0 amide bonds. The van der Waals surface area contributed by atoms with Crippen LogP contribution in [0.4, 0.5) is 0 Å². The van der Waals surface area contributed by atoms with Gasteiger partial charge in [-0.2, -0.15) is 0 Å². The Kier molecular flexibility index (Phi) is 5.59. The molecular weight excluding hydrogens is 244 g/mol. The topological polar surface area (TPSA) is 24.9 Å². The Labute approximate surface area is 124 Å². The Balaban J connectivity index is 2.04. The molecule has 0 aromatic carbocycles. The highest BCUT2D eigenvalue weighted by Crippen LogP contribution is 2.39. The summed E-state index contributed by atoms with van der Waals surface area (Å²) in [6.45, 7) is 10.0. The molecular formula is C18H30N2. The average molecular weight is 274 g/mol. The minimum atomic E-state index is 0.487. The van der Waals surface area contributed by atoms with Gasteiger partial charge in [-0.15, -0.1) is 0 Å². The maximum absolute atomic E-state index is 4.48. The van der Waals surface area contributed by atoms with Crippen LogP contribution in [0.5, 0.6) is 0 Å². The zero-order valence-electron chi connectivity index (χ0n) is 13.5. The molecule has 2 rings (SSSR count). The normalized spacial score (nSPS) is 24.9. The Hall–Kier alpha value is -0.890. The van der Waals surface area contributed by atoms with E-state index in [-0.39, 0.29) is 0 Å². The quantitative estimate of drug-likeness (QED) is 0.855. The number of nitrogens with one attached hydrogen (secondary N) is 1. The Morgan fingerprint density at radius 1 is 1.15 bits per heavy atom. The zero-order chi connectivity index (χ0) is 14.5. The van der Waals surface area contributed by atoms with E-state index >= 15 is 0 Å². The molecule has 1 fully saturated rings. The first-order valence-corrected chi connectivity index (χ1v) is 8.27. The highest BCUT2D eigenvalue weighted by molar-refractivity contribution is 5.18. The van der Waals surface area contributed by atoms with Gasteiger partial charge < -0.3 is 5.32 Å². The van der Waals surface area contributed by atoms with Crippen molar-refractivity contribution in [2.24, 2.45) is 17.8 Å². The van der Waals surface area contributed by atoms with Gasteiger partial charge in [0.15, 0.2) is 0 Å². The first-order valence-electron chi connectivity index (χ1n) is 8.27. The van der Waals surface area contributed by atoms with Gasteiger partial charge in [0.1, 0.15) is 0 Å². The average Bonchev–Trinajstić information content (AvgIpc) is 2.46. The summed E-state index contributed by atoms with van der Waals surface area (Å²) in [6.07, 6.45) is 7.56. The molecule has 0 saturated heterocycles. The highest BCUT2D eigenvalue weighted by atomic mass is 14.9. The monoisotopic (exact) mass is 274 g/mol. The van der Waals surface area contributed by atoms with Crippen LogP contribution in [0.3, 0.4) is 0 Å². The van der Waals surface area contributed by atoms with Gasteiger partial charge in [0.05, 0.1) is 0 Å². The van der Waals surface area contributed by atoms with Crippen LogP contribution in [0, 0.1) is 24.7 Å². The molecule has 1 atom stereocenters. The van der Waals surface area contributed by atoms with E-state index in [1.165, 1.54) is 31.2 Å². The molecule has 0 spiro atoms. The summed E-state index contributed by atoms with van der Waals surface area (Å²) in [5.41, 5.74) is 2.47. The molecule has 2 heteroatoms. The lowest BCUT2D eigenvalue weighted by atomic mass is 9.73. The summed E-state index contributed by atoms with van der Waals surface area (Å²) in [6, 6.07) is 4.88. The van der Waals surface area contributed by atoms with Crippen LogP contribution in [-0.2, 0) is 0 Å². The third-order valence-corrected chi connectivity index (χ3v) is 4.95. The second kappa shape index (κ2) is 7.21. The van der Waals surface area contributed by atoms with Gasteiger partial charge in [-0.05, 0) is 68.5 Å². The second-order valence-electron chi connectivity index (χ2n) is 6.69. The van der Waals surface area contributed by atoms with Crippen molar-refractivity contribution < 1.29 is 0 Å². The molecule has 1 aromatic rings. The SMILES string of the molecule is CCNC(c1ccc(C)nc1)C1CCC(C(C)C)CC1. The molecule has 0 radical (unpaired) electrons. The van der Waals surface area contributed by atoms with E-state index in [2.05, 4.69) is 56.3 Å². The number of hydrogen-bond acceptors (Lipinski definition) is 2. The minimum Gasteiger partial charge on any atom is -0.310 e. The number of rotatable bonds is 5. The minimum absolute atomic E-state index is 0.487. The van der Waals surface area contributed by atoms with Crippen molar-refractivity contribution in [2.45, 2.75) is 59.4 Å². The first kappa shape index (κ1) is 15.5. The molecule has 1 N–H and O–H groups in total. The summed E-state index contributed by atoms with van der Waals surface area (Å²) in [5, 5.41) is 3.69. The summed E-state index contributed by atoms with van der Waals surface area (Å²) in [7, 11) is 0. The maximum atomic E-state index is 4.48. The smallest absolute Gasteiger partial charge is 0.0372 e. The Morgan fingerprint density at radius 2 is 1.80 bits per heavy atom. The lowest BCUT2D eigenvalue weighted by Crippen LogP contribution is -2.31. The van der Waals surface area contributed by atoms with Gasteiger partial charge in [0.2, 0.25) is 0 Å². The predicted molar refractivity (Wildman–Crippen MR) is 85.7 cm³/mol. The summed E-state index contributed by atoms with van der Waals surface area (Å²) >= 11 is 0. The molecule has 1 unspecified atom stereocenters. The molecule has 1 aromatic heterocycles. The van der Waals surface area contributed by atoms with Crippen molar-refractivity contribution >= 4 is 0 Å². The van der Waals surface area contributed by atoms with Crippen LogP contribution in [0.15, 0.2) is 18.3 Å². The highest BCUT2D eigenvalue weighted by Gasteiger charge is 2.29. The third kappa shape index (κ3) is 3.82. The van der Waals surface area contributed by atoms with Gasteiger partial charge in [-0.25, -0.2) is 0 Å². The number of hydrogen-bond donors (Lipinski definition) is 1. The third-order valence-electron chi connectivity index (χ3n) is 4.95. The van der Waals surface area contributed by atoms with Crippen molar-refractivity contribution in [3.05, 3.63) is 29.6 Å². The van der Waals surface area contributed by atoms with Crippen molar-refractivity contribution in [3.8, 4) is 0 Å². The fraction of sp³-hybridized carbons (Fsp3) is 0.722. The van der Waals surface area contributed by atoms with Crippen LogP contribution < -0.4 is 5.32 Å². The van der Waals surface area contributed by atoms with E-state index in [9.17, 15) is 0 Å². The standard InChI is InChI=1S/C18H30N2/c1-5-19-18(17-7-6-14(4)20-12-17)16-10-8-15(9-11-16)13(2)3/h6-7,12-13,15-16,18-19H,5,8-11H2,1-4H3. The molecule has 1 aliphatic rings. The van der Waals surface area contributed by atoms with Gasteiger partial charge in [-0.1, -0.05) is 26.8 Å². The summed E-state index contributed by atoms with van der Waals surface area (Å²) < 4.78 is 0. The van der Waals surface area contributed by atoms with Crippen molar-refractivity contribution in [1.82, 2.24) is 10.3 Å². The molecule has 1 heterocycles. The van der Waals surface area contributed by atoms with Crippen molar-refractivity contribution in [1.29, 1.82) is 0 Å². The van der Waals surface area contributed by atoms with E-state index in [0.717, 1.165) is 30.0 Å². The van der Waals surface area contributed by atoms with E-state index in [4.69, 9.17) is 0 Å². The summed E-state index contributed by atoms with van der Waals surface area (Å²) in [4.78, 5) is 4.48. The van der Waals surface area contributed by atoms with E-state index in [1.807, 2.05) is 0 Å². The largest absolute Gasteiger partial charge is 0.310 e. The zero-order valence-corrected chi connectivity index (χ0v) is 13.5. The first-order chi connectivity index (χ1) is 9.61. The van der Waals surface area contributed by atoms with Gasteiger partial charge in [0.25, 0.3) is 0 Å². The van der Waals surface area contributed by atoms with Crippen LogP contribution in [-0.4, -0.2) is 11.5 Å². The molecule has 1 saturated carbocycles. The van der Waals surface area contributed by atoms with Crippen LogP contribution in [0.1, 0.15) is 63.8 Å². The van der Waals surface area contributed by atoms with Crippen molar-refractivity contribution in [2.75, 3.05) is 6.54 Å². The molecule has 20 heavy (non-hydrogen) atoms. The van der Waals surface area contributed by atoms with Gasteiger partial charge in [0, 0.05) is 17.9 Å². The molecule has 1 aliphatic carbocycles. The van der Waals surface area contributed by atoms with Crippen LogP contribution >= 0.6 is 0 Å². The fourth-order valence-corrected chi connectivity index (χ4v) is 3.58. The number of aromatic nitrogens is 1. The number of pyridine rings is 1. The fourth-order valence-electron chi connectivity index (χ4n) is 3.58. The maximum Gasteiger partial charge on any atom is 0.0372 e. The van der Waals surface area contributed by atoms with E-state index in [1.54, 1.807) is 0 Å². The molecule has 0 bridgehead atoms. The predicted octanol–water partition coefficient (Wildman–Crippen LogP) is 4.50. The van der Waals surface area contributed by atoms with E-state index < -0.39 is 0 Å². The molecule has 0 aliphatic heterocycles. The van der Waals surface area contributed by atoms with Crippen molar-refractivity contribution in [3.63, 3.8) is 0 Å². The van der Waals surface area contributed by atoms with Crippen LogP contribution in [0.25, 0.3) is 0 Å². The van der Waals surface area contributed by atoms with Gasteiger partial charge in [-0.3, -0.25) is 4.98 Å². The molecule has 112 valence electrons. The molecule has 2 nitrogen and oxygen atoms in total. The van der Waals surface area contributed by atoms with Gasteiger partial charge >= 0.3 is 0 Å². The number of nitrogens with zero attached hydrogens (tertiary/aromatic N) is 1. The second-order valence-corrected chi connectivity index (χ2v) is 6.69. The lowest BCUT2D eigenvalue weighted by molar-refractivity contribution is 0.190. The Morgan fingerprint density at radius 3 is 2.30 bits per heavy atom. The van der Waals surface area contributed by atoms with Crippen LogP contribution in [0.2, 0.25) is 0 Å². The van der Waals surface area contributed by atoms with E-state index in [0.29, 0.717) is 6.04 Å². The Bertz CT molecular complexity index is 388.